The minimum absolute atomic E-state index is 0.00818. The van der Waals surface area contributed by atoms with E-state index >= 15 is 0 Å². The zero-order valence-corrected chi connectivity index (χ0v) is 12.6. The molecule has 0 fully saturated rings. The maximum atomic E-state index is 12.4. The molecule has 0 saturated carbocycles. The number of hydrogen-bond acceptors (Lipinski definition) is 4. The maximum absolute atomic E-state index is 12.4. The molecule has 0 aliphatic carbocycles. The van der Waals surface area contributed by atoms with E-state index in [1.807, 2.05) is 0 Å². The van der Waals surface area contributed by atoms with Crippen LogP contribution < -0.4 is 5.56 Å². The summed E-state index contributed by atoms with van der Waals surface area (Å²) in [7, 11) is -2.45. The lowest BCUT2D eigenvalue weighted by atomic mass is 10.2. The Morgan fingerprint density at radius 1 is 1.33 bits per heavy atom. The van der Waals surface area contributed by atoms with Crippen molar-refractivity contribution in [1.82, 2.24) is 9.29 Å². The van der Waals surface area contributed by atoms with Crippen molar-refractivity contribution in [3.63, 3.8) is 0 Å². The smallest absolute Gasteiger partial charge is 0.266 e. The second-order valence-electron chi connectivity index (χ2n) is 4.40. The number of pyridine rings is 1. The zero-order valence-electron chi connectivity index (χ0n) is 11.1. The maximum Gasteiger partial charge on any atom is 0.266 e. The molecule has 2 rings (SSSR count). The molecule has 0 amide bonds. The number of para-hydroxylation sites is 1. The molecular formula is C13H13ClN2O4S. The first kappa shape index (κ1) is 15.6. The van der Waals surface area contributed by atoms with Crippen molar-refractivity contribution >= 4 is 21.6 Å². The van der Waals surface area contributed by atoms with Crippen LogP contribution in [-0.2, 0) is 16.6 Å². The first-order valence-electron chi connectivity index (χ1n) is 5.94. The minimum Gasteiger partial charge on any atom is -0.508 e. The quantitative estimate of drug-likeness (QED) is 0.891. The summed E-state index contributed by atoms with van der Waals surface area (Å²) >= 11 is 5.64. The summed E-state index contributed by atoms with van der Waals surface area (Å²) in [6, 6.07) is 7.55. The van der Waals surface area contributed by atoms with Gasteiger partial charge < -0.3 is 10.1 Å². The fourth-order valence-electron chi connectivity index (χ4n) is 1.74. The van der Waals surface area contributed by atoms with Crippen LogP contribution in [0.4, 0.5) is 0 Å². The Balaban J connectivity index is 2.33. The Morgan fingerprint density at radius 2 is 2.00 bits per heavy atom. The van der Waals surface area contributed by atoms with Crippen LogP contribution in [0.3, 0.4) is 0 Å². The number of H-pyrrole nitrogens is 1. The highest BCUT2D eigenvalue weighted by Gasteiger charge is 2.22. The SMILES string of the molecule is CN(Cc1ccccc1O)S(=O)(=O)c1c[nH]c(=O)c(Cl)c1. The largest absolute Gasteiger partial charge is 0.508 e. The Kier molecular flexibility index (Phi) is 4.36. The first-order valence-corrected chi connectivity index (χ1v) is 7.75. The van der Waals surface area contributed by atoms with Crippen LogP contribution in [0.1, 0.15) is 5.56 Å². The van der Waals surface area contributed by atoms with Gasteiger partial charge in [-0.05, 0) is 12.1 Å². The number of aromatic amines is 1. The van der Waals surface area contributed by atoms with E-state index in [0.29, 0.717) is 5.56 Å². The summed E-state index contributed by atoms with van der Waals surface area (Å²) in [5, 5.41) is 9.48. The number of rotatable bonds is 4. The van der Waals surface area contributed by atoms with E-state index in [0.717, 1.165) is 16.6 Å². The van der Waals surface area contributed by atoms with E-state index in [2.05, 4.69) is 4.98 Å². The minimum atomic E-state index is -3.83. The lowest BCUT2D eigenvalue weighted by molar-refractivity contribution is 0.435. The molecule has 0 aliphatic heterocycles. The second kappa shape index (κ2) is 5.88. The van der Waals surface area contributed by atoms with Crippen molar-refractivity contribution < 1.29 is 13.5 Å². The molecule has 6 nitrogen and oxygen atoms in total. The number of benzene rings is 1. The highest BCUT2D eigenvalue weighted by molar-refractivity contribution is 7.89. The van der Waals surface area contributed by atoms with Crippen molar-refractivity contribution in [1.29, 1.82) is 0 Å². The summed E-state index contributed by atoms with van der Waals surface area (Å²) in [6.07, 6.45) is 1.09. The van der Waals surface area contributed by atoms with E-state index in [9.17, 15) is 18.3 Å². The Morgan fingerprint density at radius 3 is 2.62 bits per heavy atom. The van der Waals surface area contributed by atoms with Crippen LogP contribution in [-0.4, -0.2) is 29.9 Å². The van der Waals surface area contributed by atoms with Gasteiger partial charge in [0.05, 0.1) is 4.90 Å². The summed E-state index contributed by atoms with van der Waals surface area (Å²) in [5.41, 5.74) is -0.0851. The number of aromatic nitrogens is 1. The number of sulfonamides is 1. The van der Waals surface area contributed by atoms with Gasteiger partial charge in [0, 0.05) is 25.4 Å². The van der Waals surface area contributed by atoms with Gasteiger partial charge in [-0.25, -0.2) is 8.42 Å². The number of nitrogens with zero attached hydrogens (tertiary/aromatic N) is 1. The molecule has 0 aliphatic rings. The van der Waals surface area contributed by atoms with E-state index in [1.165, 1.54) is 13.1 Å². The van der Waals surface area contributed by atoms with Gasteiger partial charge >= 0.3 is 0 Å². The van der Waals surface area contributed by atoms with E-state index in [1.54, 1.807) is 18.2 Å². The van der Waals surface area contributed by atoms with Crippen LogP contribution in [0.25, 0.3) is 0 Å². The van der Waals surface area contributed by atoms with Crippen molar-refractivity contribution in [3.05, 3.63) is 57.5 Å². The van der Waals surface area contributed by atoms with Gasteiger partial charge in [0.15, 0.2) is 0 Å². The number of aromatic hydroxyl groups is 1. The summed E-state index contributed by atoms with van der Waals surface area (Å²) in [5.74, 6) is 0.0130. The lowest BCUT2D eigenvalue weighted by Crippen LogP contribution is -2.27. The Bertz CT molecular complexity index is 817. The van der Waals surface area contributed by atoms with E-state index in [-0.39, 0.29) is 22.2 Å². The standard InChI is InChI=1S/C13H13ClN2O4S/c1-16(8-9-4-2-3-5-12(9)17)21(19,20)10-6-11(14)13(18)15-7-10/h2-7,17H,8H2,1H3,(H,15,18). The van der Waals surface area contributed by atoms with Crippen LogP contribution in [0, 0.1) is 0 Å². The van der Waals surface area contributed by atoms with Crippen LogP contribution in [0.2, 0.25) is 5.02 Å². The third-order valence-corrected chi connectivity index (χ3v) is 4.99. The molecular weight excluding hydrogens is 316 g/mol. The van der Waals surface area contributed by atoms with Gasteiger partial charge in [0.1, 0.15) is 10.8 Å². The predicted octanol–water partition coefficient (Wildman–Crippen LogP) is 1.55. The van der Waals surface area contributed by atoms with Gasteiger partial charge in [-0.1, -0.05) is 29.8 Å². The Labute approximate surface area is 126 Å². The van der Waals surface area contributed by atoms with Crippen LogP contribution in [0.15, 0.2) is 46.2 Å². The summed E-state index contributed by atoms with van der Waals surface area (Å²) < 4.78 is 25.8. The molecule has 0 spiro atoms. The van der Waals surface area contributed by atoms with Gasteiger partial charge in [-0.15, -0.1) is 0 Å². The van der Waals surface area contributed by atoms with Gasteiger partial charge in [-0.3, -0.25) is 4.79 Å². The average molecular weight is 329 g/mol. The summed E-state index contributed by atoms with van der Waals surface area (Å²) in [4.78, 5) is 13.3. The predicted molar refractivity (Wildman–Crippen MR) is 78.8 cm³/mol. The van der Waals surface area contributed by atoms with Crippen LogP contribution in [0.5, 0.6) is 5.75 Å². The molecule has 1 aromatic heterocycles. The number of nitrogens with one attached hydrogen (secondary N) is 1. The number of phenolic OH excluding ortho intramolecular Hbond substituents is 1. The lowest BCUT2D eigenvalue weighted by Gasteiger charge is -2.17. The third-order valence-electron chi connectivity index (χ3n) is 2.92. The van der Waals surface area contributed by atoms with Crippen molar-refractivity contribution in [2.75, 3.05) is 7.05 Å². The van der Waals surface area contributed by atoms with Gasteiger partial charge in [-0.2, -0.15) is 4.31 Å². The van der Waals surface area contributed by atoms with Crippen molar-refractivity contribution in [2.24, 2.45) is 0 Å². The zero-order chi connectivity index (χ0) is 15.6. The first-order chi connectivity index (χ1) is 9.82. The molecule has 0 atom stereocenters. The van der Waals surface area contributed by atoms with Crippen molar-refractivity contribution in [2.45, 2.75) is 11.4 Å². The van der Waals surface area contributed by atoms with Gasteiger partial charge in [0.2, 0.25) is 10.0 Å². The topological polar surface area (TPSA) is 90.5 Å². The number of phenols is 1. The van der Waals surface area contributed by atoms with E-state index in [4.69, 9.17) is 11.6 Å². The number of halogens is 1. The Hall–Kier alpha value is -1.83. The average Bonchev–Trinajstić information content (AvgIpc) is 2.44. The molecule has 0 bridgehead atoms. The molecule has 8 heteroatoms. The van der Waals surface area contributed by atoms with E-state index < -0.39 is 15.6 Å². The molecule has 0 radical (unpaired) electrons. The molecule has 1 heterocycles. The summed E-state index contributed by atoms with van der Waals surface area (Å²) in [6.45, 7) is -0.00818. The highest BCUT2D eigenvalue weighted by Crippen LogP contribution is 2.21. The normalized spacial score (nSPS) is 11.8. The molecule has 0 saturated heterocycles. The molecule has 112 valence electrons. The second-order valence-corrected chi connectivity index (χ2v) is 6.85. The molecule has 2 N–H and O–H groups in total. The van der Waals surface area contributed by atoms with Crippen molar-refractivity contribution in [3.8, 4) is 5.75 Å². The fourth-order valence-corrected chi connectivity index (χ4v) is 3.12. The molecule has 2 aromatic rings. The fraction of sp³-hybridized carbons (Fsp3) is 0.154. The molecule has 0 unspecified atom stereocenters. The monoisotopic (exact) mass is 328 g/mol. The molecule has 1 aromatic carbocycles. The third kappa shape index (κ3) is 3.26. The van der Waals surface area contributed by atoms with Gasteiger partial charge in [0.25, 0.3) is 5.56 Å². The highest BCUT2D eigenvalue weighted by atomic mass is 35.5. The number of hydrogen-bond donors (Lipinski definition) is 2. The van der Waals surface area contributed by atoms with Crippen LogP contribution >= 0.6 is 11.6 Å². The molecule has 21 heavy (non-hydrogen) atoms.